The van der Waals surface area contributed by atoms with Crippen molar-refractivity contribution in [2.75, 3.05) is 0 Å². The second-order valence-corrected chi connectivity index (χ2v) is 3.62. The van der Waals surface area contributed by atoms with Crippen LogP contribution in [0.15, 0.2) is 30.4 Å². The smallest absolute Gasteiger partial charge is 0.140 e. The lowest BCUT2D eigenvalue weighted by Gasteiger charge is -2.12. The van der Waals surface area contributed by atoms with Crippen molar-refractivity contribution in [3.63, 3.8) is 0 Å². The summed E-state index contributed by atoms with van der Waals surface area (Å²) < 4.78 is 13.0. The standard InChI is InChI=1S/C12H13FN2.ClH/c1-8(2)5-12(15)9-3-4-11(13)10(6-9)7-14;/h3-4,6,12H,1,5,15H2,2H3;1H/t12-;/m1./s1. The molecule has 1 atom stereocenters. The van der Waals surface area contributed by atoms with Crippen molar-refractivity contribution in [1.29, 1.82) is 5.26 Å². The number of nitrogens with zero attached hydrogens (tertiary/aromatic N) is 1. The van der Waals surface area contributed by atoms with Crippen LogP contribution in [0.1, 0.15) is 30.5 Å². The number of rotatable bonds is 3. The van der Waals surface area contributed by atoms with Crippen LogP contribution in [0.2, 0.25) is 0 Å². The highest BCUT2D eigenvalue weighted by atomic mass is 35.5. The van der Waals surface area contributed by atoms with Crippen LogP contribution in [0.25, 0.3) is 0 Å². The Bertz CT molecular complexity index is 424. The zero-order chi connectivity index (χ0) is 11.4. The van der Waals surface area contributed by atoms with Crippen LogP contribution in [-0.4, -0.2) is 0 Å². The zero-order valence-corrected chi connectivity index (χ0v) is 9.85. The van der Waals surface area contributed by atoms with E-state index in [1.54, 1.807) is 12.1 Å². The summed E-state index contributed by atoms with van der Waals surface area (Å²) in [6.45, 7) is 5.65. The summed E-state index contributed by atoms with van der Waals surface area (Å²) in [5.41, 5.74) is 7.63. The van der Waals surface area contributed by atoms with Gasteiger partial charge in [-0.15, -0.1) is 19.0 Å². The predicted octanol–water partition coefficient (Wildman–Crippen LogP) is 3.09. The first-order valence-electron chi connectivity index (χ1n) is 4.64. The summed E-state index contributed by atoms with van der Waals surface area (Å²) in [7, 11) is 0. The third-order valence-corrected chi connectivity index (χ3v) is 2.11. The molecule has 0 amide bonds. The van der Waals surface area contributed by atoms with Crippen LogP contribution in [-0.2, 0) is 0 Å². The molecule has 0 aliphatic heterocycles. The average Bonchev–Trinajstić information content (AvgIpc) is 2.17. The van der Waals surface area contributed by atoms with Gasteiger partial charge in [0.25, 0.3) is 0 Å². The summed E-state index contributed by atoms with van der Waals surface area (Å²) in [5, 5.41) is 8.66. The predicted molar refractivity (Wildman–Crippen MR) is 64.7 cm³/mol. The van der Waals surface area contributed by atoms with E-state index in [4.69, 9.17) is 11.0 Å². The second-order valence-electron chi connectivity index (χ2n) is 3.62. The summed E-state index contributed by atoms with van der Waals surface area (Å²) in [4.78, 5) is 0. The van der Waals surface area contributed by atoms with Gasteiger partial charge in [-0.3, -0.25) is 0 Å². The first-order valence-corrected chi connectivity index (χ1v) is 4.64. The zero-order valence-electron chi connectivity index (χ0n) is 9.03. The molecule has 0 aliphatic carbocycles. The monoisotopic (exact) mass is 240 g/mol. The van der Waals surface area contributed by atoms with Gasteiger partial charge in [0, 0.05) is 6.04 Å². The van der Waals surface area contributed by atoms with Gasteiger partial charge in [0.2, 0.25) is 0 Å². The maximum absolute atomic E-state index is 13.0. The molecular weight excluding hydrogens is 227 g/mol. The fourth-order valence-electron chi connectivity index (χ4n) is 1.35. The fourth-order valence-corrected chi connectivity index (χ4v) is 1.35. The molecule has 0 saturated carbocycles. The van der Waals surface area contributed by atoms with E-state index >= 15 is 0 Å². The number of nitriles is 1. The number of nitrogens with two attached hydrogens (primary N) is 1. The Balaban J connectivity index is 0.00000225. The Morgan fingerprint density at radius 3 is 2.75 bits per heavy atom. The van der Waals surface area contributed by atoms with E-state index < -0.39 is 5.82 Å². The lowest BCUT2D eigenvalue weighted by Crippen LogP contribution is -2.10. The Hall–Kier alpha value is -1.37. The van der Waals surface area contributed by atoms with Gasteiger partial charge in [0.05, 0.1) is 5.56 Å². The van der Waals surface area contributed by atoms with Crippen molar-refractivity contribution in [1.82, 2.24) is 0 Å². The Labute approximate surface area is 101 Å². The van der Waals surface area contributed by atoms with Gasteiger partial charge in [-0.05, 0) is 31.0 Å². The van der Waals surface area contributed by atoms with Crippen LogP contribution in [0, 0.1) is 17.1 Å². The number of hydrogen-bond donors (Lipinski definition) is 1. The van der Waals surface area contributed by atoms with E-state index in [9.17, 15) is 4.39 Å². The highest BCUT2D eigenvalue weighted by Crippen LogP contribution is 2.19. The van der Waals surface area contributed by atoms with Gasteiger partial charge in [0.15, 0.2) is 0 Å². The number of halogens is 2. The molecule has 1 aromatic rings. The third kappa shape index (κ3) is 3.65. The molecule has 0 bridgehead atoms. The molecule has 1 aromatic carbocycles. The maximum Gasteiger partial charge on any atom is 0.140 e. The topological polar surface area (TPSA) is 49.8 Å². The van der Waals surface area contributed by atoms with Crippen molar-refractivity contribution in [2.24, 2.45) is 5.73 Å². The largest absolute Gasteiger partial charge is 0.324 e. The minimum absolute atomic E-state index is 0. The van der Waals surface area contributed by atoms with Gasteiger partial charge >= 0.3 is 0 Å². The Kier molecular flexibility index (Phi) is 5.73. The van der Waals surface area contributed by atoms with E-state index in [-0.39, 0.29) is 24.0 Å². The third-order valence-electron chi connectivity index (χ3n) is 2.11. The van der Waals surface area contributed by atoms with Gasteiger partial charge < -0.3 is 5.73 Å². The highest BCUT2D eigenvalue weighted by molar-refractivity contribution is 5.85. The molecule has 0 heterocycles. The number of benzene rings is 1. The first kappa shape index (κ1) is 14.6. The van der Waals surface area contributed by atoms with Crippen molar-refractivity contribution in [3.05, 3.63) is 47.3 Å². The molecule has 0 saturated heterocycles. The normalized spacial score (nSPS) is 11.1. The minimum atomic E-state index is -0.510. The molecule has 0 fully saturated rings. The molecule has 4 heteroatoms. The molecule has 0 radical (unpaired) electrons. The van der Waals surface area contributed by atoms with Gasteiger partial charge in [0.1, 0.15) is 11.9 Å². The van der Waals surface area contributed by atoms with Crippen LogP contribution < -0.4 is 5.73 Å². The average molecular weight is 241 g/mol. The van der Waals surface area contributed by atoms with Gasteiger partial charge in [-0.25, -0.2) is 4.39 Å². The molecule has 16 heavy (non-hydrogen) atoms. The summed E-state index contributed by atoms with van der Waals surface area (Å²) >= 11 is 0. The lowest BCUT2D eigenvalue weighted by atomic mass is 9.99. The van der Waals surface area contributed by atoms with E-state index in [1.807, 2.05) is 6.92 Å². The van der Waals surface area contributed by atoms with Crippen molar-refractivity contribution >= 4 is 12.4 Å². The molecule has 2 nitrogen and oxygen atoms in total. The van der Waals surface area contributed by atoms with Gasteiger partial charge in [-0.2, -0.15) is 5.26 Å². The van der Waals surface area contributed by atoms with Crippen LogP contribution in [0.4, 0.5) is 4.39 Å². The van der Waals surface area contributed by atoms with Crippen LogP contribution in [0.5, 0.6) is 0 Å². The minimum Gasteiger partial charge on any atom is -0.324 e. The molecule has 86 valence electrons. The van der Waals surface area contributed by atoms with E-state index in [0.717, 1.165) is 11.1 Å². The summed E-state index contributed by atoms with van der Waals surface area (Å²) in [6, 6.07) is 5.92. The van der Waals surface area contributed by atoms with Crippen molar-refractivity contribution in [2.45, 2.75) is 19.4 Å². The van der Waals surface area contributed by atoms with Crippen molar-refractivity contribution < 1.29 is 4.39 Å². The molecule has 0 aliphatic rings. The van der Waals surface area contributed by atoms with E-state index in [1.165, 1.54) is 12.1 Å². The number of hydrogen-bond acceptors (Lipinski definition) is 2. The Morgan fingerprint density at radius 1 is 1.62 bits per heavy atom. The maximum atomic E-state index is 13.0. The molecule has 1 rings (SSSR count). The van der Waals surface area contributed by atoms with Crippen LogP contribution >= 0.6 is 12.4 Å². The molecule has 2 N–H and O–H groups in total. The second kappa shape index (κ2) is 6.26. The fraction of sp³-hybridized carbons (Fsp3) is 0.250. The lowest BCUT2D eigenvalue weighted by molar-refractivity contribution is 0.620. The van der Waals surface area contributed by atoms with Crippen LogP contribution in [0.3, 0.4) is 0 Å². The van der Waals surface area contributed by atoms with E-state index in [2.05, 4.69) is 6.58 Å². The van der Waals surface area contributed by atoms with Gasteiger partial charge in [-0.1, -0.05) is 11.6 Å². The van der Waals surface area contributed by atoms with E-state index in [0.29, 0.717) is 6.42 Å². The summed E-state index contributed by atoms with van der Waals surface area (Å²) in [6.07, 6.45) is 0.635. The van der Waals surface area contributed by atoms with Crippen molar-refractivity contribution in [3.8, 4) is 6.07 Å². The SMILES string of the molecule is C=C(C)C[C@@H](N)c1ccc(F)c(C#N)c1.Cl. The highest BCUT2D eigenvalue weighted by Gasteiger charge is 2.09. The first-order chi connectivity index (χ1) is 7.04. The molecule has 0 aromatic heterocycles. The Morgan fingerprint density at radius 2 is 2.25 bits per heavy atom. The molecular formula is C12H14ClFN2. The molecule has 0 unspecified atom stereocenters. The quantitative estimate of drug-likeness (QED) is 0.826. The molecule has 0 spiro atoms. The summed E-state index contributed by atoms with van der Waals surface area (Å²) in [5.74, 6) is -0.510.